The molecule has 62 valence electrons. The van der Waals surface area contributed by atoms with E-state index in [0.717, 1.165) is 5.57 Å². The molecule has 0 saturated carbocycles. The highest BCUT2D eigenvalue weighted by Gasteiger charge is 2.01. The van der Waals surface area contributed by atoms with Gasteiger partial charge in [0.15, 0.2) is 5.78 Å². The number of allylic oxidation sites excluding steroid dienone is 3. The predicted molar refractivity (Wildman–Crippen MR) is 45.4 cm³/mol. The van der Waals surface area contributed by atoms with Crippen LogP contribution in [0.15, 0.2) is 24.0 Å². The van der Waals surface area contributed by atoms with E-state index in [2.05, 4.69) is 6.58 Å². The molecule has 0 aliphatic rings. The highest BCUT2D eigenvalue weighted by Crippen LogP contribution is 2.09. The highest BCUT2D eigenvalue weighted by atomic mass is 16.3. The van der Waals surface area contributed by atoms with Gasteiger partial charge in [-0.25, -0.2) is 0 Å². The number of rotatable bonds is 4. The Hall–Kier alpha value is -1.05. The normalized spacial score (nSPS) is 11.3. The number of ketones is 1. The largest absolute Gasteiger partial charge is 0.513 e. The number of aliphatic hydroxyl groups is 1. The van der Waals surface area contributed by atoms with Crippen molar-refractivity contribution in [1.82, 2.24) is 0 Å². The molecule has 0 amide bonds. The van der Waals surface area contributed by atoms with Crippen molar-refractivity contribution in [3.05, 3.63) is 24.0 Å². The first-order valence-electron chi connectivity index (χ1n) is 3.60. The van der Waals surface area contributed by atoms with Crippen LogP contribution < -0.4 is 0 Å². The van der Waals surface area contributed by atoms with Gasteiger partial charge in [-0.15, -0.1) is 0 Å². The molecule has 1 N–H and O–H groups in total. The zero-order valence-electron chi connectivity index (χ0n) is 7.05. The fourth-order valence-corrected chi connectivity index (χ4v) is 0.803. The summed E-state index contributed by atoms with van der Waals surface area (Å²) in [6.45, 7) is 6.68. The summed E-state index contributed by atoms with van der Waals surface area (Å²) in [5.41, 5.74) is 0.750. The SMILES string of the molecule is C=C(O)CC/C(=C\C)C(C)=O. The predicted octanol–water partition coefficient (Wildman–Crippen LogP) is 2.37. The number of hydrogen-bond donors (Lipinski definition) is 1. The van der Waals surface area contributed by atoms with Crippen molar-refractivity contribution in [3.8, 4) is 0 Å². The van der Waals surface area contributed by atoms with Crippen molar-refractivity contribution in [2.45, 2.75) is 26.7 Å². The van der Waals surface area contributed by atoms with Crippen LogP contribution in [-0.4, -0.2) is 10.9 Å². The summed E-state index contributed by atoms with van der Waals surface area (Å²) in [6.07, 6.45) is 2.83. The van der Waals surface area contributed by atoms with Gasteiger partial charge in [0, 0.05) is 6.42 Å². The second-order valence-electron chi connectivity index (χ2n) is 2.44. The van der Waals surface area contributed by atoms with Gasteiger partial charge in [-0.2, -0.15) is 0 Å². The molecule has 0 saturated heterocycles. The molecule has 0 aliphatic carbocycles. The monoisotopic (exact) mass is 154 g/mol. The Bertz CT molecular complexity index is 190. The van der Waals surface area contributed by atoms with Crippen LogP contribution in [0.1, 0.15) is 26.7 Å². The Morgan fingerprint density at radius 3 is 2.36 bits per heavy atom. The lowest BCUT2D eigenvalue weighted by molar-refractivity contribution is -0.113. The van der Waals surface area contributed by atoms with E-state index in [-0.39, 0.29) is 11.5 Å². The maximum absolute atomic E-state index is 10.8. The molecule has 2 nitrogen and oxygen atoms in total. The highest BCUT2D eigenvalue weighted by molar-refractivity contribution is 5.93. The Kier molecular flexibility index (Phi) is 4.27. The minimum Gasteiger partial charge on any atom is -0.513 e. The molecule has 0 aromatic heterocycles. The smallest absolute Gasteiger partial charge is 0.155 e. The van der Waals surface area contributed by atoms with E-state index in [1.165, 1.54) is 6.92 Å². The fraction of sp³-hybridized carbons (Fsp3) is 0.444. The molecule has 0 bridgehead atoms. The molecule has 0 spiro atoms. The van der Waals surface area contributed by atoms with Crippen LogP contribution in [0.5, 0.6) is 0 Å². The van der Waals surface area contributed by atoms with Crippen molar-refractivity contribution in [1.29, 1.82) is 0 Å². The zero-order valence-corrected chi connectivity index (χ0v) is 7.05. The number of carbonyl (C=O) groups excluding carboxylic acids is 1. The molecule has 0 fully saturated rings. The van der Waals surface area contributed by atoms with Crippen molar-refractivity contribution in [2.75, 3.05) is 0 Å². The minimum absolute atomic E-state index is 0.0637. The van der Waals surface area contributed by atoms with E-state index in [4.69, 9.17) is 5.11 Å². The van der Waals surface area contributed by atoms with E-state index in [0.29, 0.717) is 12.8 Å². The van der Waals surface area contributed by atoms with E-state index in [9.17, 15) is 4.79 Å². The lowest BCUT2D eigenvalue weighted by Gasteiger charge is -2.00. The molecule has 11 heavy (non-hydrogen) atoms. The van der Waals surface area contributed by atoms with Gasteiger partial charge in [0.1, 0.15) is 0 Å². The third kappa shape index (κ3) is 4.37. The summed E-state index contributed by atoms with van der Waals surface area (Å²) in [6, 6.07) is 0. The Morgan fingerprint density at radius 1 is 1.55 bits per heavy atom. The number of hydrogen-bond acceptors (Lipinski definition) is 2. The third-order valence-corrected chi connectivity index (χ3v) is 1.48. The topological polar surface area (TPSA) is 37.3 Å². The summed E-state index contributed by atoms with van der Waals surface area (Å²) in [7, 11) is 0. The molecule has 0 radical (unpaired) electrons. The summed E-state index contributed by atoms with van der Waals surface area (Å²) < 4.78 is 0. The molecule has 0 rings (SSSR count). The van der Waals surface area contributed by atoms with Crippen LogP contribution >= 0.6 is 0 Å². The van der Waals surface area contributed by atoms with Crippen molar-refractivity contribution < 1.29 is 9.90 Å². The van der Waals surface area contributed by atoms with Crippen LogP contribution in [0, 0.1) is 0 Å². The van der Waals surface area contributed by atoms with Gasteiger partial charge in [0.05, 0.1) is 5.76 Å². The quantitative estimate of drug-likeness (QED) is 0.498. The summed E-state index contributed by atoms with van der Waals surface area (Å²) >= 11 is 0. The third-order valence-electron chi connectivity index (χ3n) is 1.48. The first kappa shape index (κ1) is 9.95. The second-order valence-corrected chi connectivity index (χ2v) is 2.44. The van der Waals surface area contributed by atoms with E-state index in [1.54, 1.807) is 6.08 Å². The van der Waals surface area contributed by atoms with Crippen molar-refractivity contribution >= 4 is 5.78 Å². The van der Waals surface area contributed by atoms with Crippen molar-refractivity contribution in [3.63, 3.8) is 0 Å². The number of carbonyl (C=O) groups is 1. The standard InChI is InChI=1S/C9H14O2/c1-4-9(8(3)11)6-5-7(2)10/h4,10H,2,5-6H2,1,3H3/b9-4+. The van der Waals surface area contributed by atoms with Crippen molar-refractivity contribution in [2.24, 2.45) is 0 Å². The van der Waals surface area contributed by atoms with Gasteiger partial charge in [-0.3, -0.25) is 4.79 Å². The number of Topliss-reactive ketones (excluding diaryl/α,β-unsaturated/α-hetero) is 1. The van der Waals surface area contributed by atoms with E-state index in [1.807, 2.05) is 6.92 Å². The molecular formula is C9H14O2. The van der Waals surface area contributed by atoms with Gasteiger partial charge in [0.2, 0.25) is 0 Å². The molecule has 2 heteroatoms. The molecular weight excluding hydrogens is 140 g/mol. The van der Waals surface area contributed by atoms with Gasteiger partial charge in [-0.05, 0) is 25.8 Å². The maximum atomic E-state index is 10.8. The van der Waals surface area contributed by atoms with Gasteiger partial charge < -0.3 is 5.11 Å². The Morgan fingerprint density at radius 2 is 2.09 bits per heavy atom. The van der Waals surface area contributed by atoms with Crippen LogP contribution in [0.25, 0.3) is 0 Å². The van der Waals surface area contributed by atoms with Crippen LogP contribution in [-0.2, 0) is 4.79 Å². The molecule has 0 aromatic rings. The molecule has 0 atom stereocenters. The van der Waals surface area contributed by atoms with E-state index < -0.39 is 0 Å². The maximum Gasteiger partial charge on any atom is 0.155 e. The van der Waals surface area contributed by atoms with Gasteiger partial charge in [-0.1, -0.05) is 12.7 Å². The summed E-state index contributed by atoms with van der Waals surface area (Å²) in [4.78, 5) is 10.8. The van der Waals surface area contributed by atoms with Crippen LogP contribution in [0.3, 0.4) is 0 Å². The van der Waals surface area contributed by atoms with Crippen LogP contribution in [0.4, 0.5) is 0 Å². The minimum atomic E-state index is 0.0637. The lowest BCUT2D eigenvalue weighted by atomic mass is 10.1. The Labute approximate surface area is 67.2 Å². The molecule has 0 aliphatic heterocycles. The fourth-order valence-electron chi connectivity index (χ4n) is 0.803. The number of aliphatic hydroxyl groups excluding tert-OH is 1. The molecule has 0 heterocycles. The first-order chi connectivity index (χ1) is 5.07. The zero-order chi connectivity index (χ0) is 8.85. The summed E-state index contributed by atoms with van der Waals surface area (Å²) in [5, 5.41) is 8.75. The van der Waals surface area contributed by atoms with Crippen LogP contribution in [0.2, 0.25) is 0 Å². The van der Waals surface area contributed by atoms with Gasteiger partial charge in [0.25, 0.3) is 0 Å². The van der Waals surface area contributed by atoms with E-state index >= 15 is 0 Å². The first-order valence-corrected chi connectivity index (χ1v) is 3.60. The lowest BCUT2D eigenvalue weighted by Crippen LogP contribution is -1.96. The molecule has 0 unspecified atom stereocenters. The molecule has 0 aromatic carbocycles. The average molecular weight is 154 g/mol. The summed E-state index contributed by atoms with van der Waals surface area (Å²) in [5.74, 6) is 0.194. The second kappa shape index (κ2) is 4.72. The average Bonchev–Trinajstić information content (AvgIpc) is 1.87. The Balaban J connectivity index is 3.92. The van der Waals surface area contributed by atoms with Gasteiger partial charge >= 0.3 is 0 Å².